The van der Waals surface area contributed by atoms with Crippen molar-refractivity contribution in [2.24, 2.45) is 10.2 Å². The van der Waals surface area contributed by atoms with Crippen LogP contribution < -0.4 is 5.32 Å². The number of thioether (sulfide) groups is 1. The molecule has 0 aliphatic heterocycles. The monoisotopic (exact) mass is 553 g/mol. The van der Waals surface area contributed by atoms with E-state index in [0.717, 1.165) is 40.6 Å². The van der Waals surface area contributed by atoms with Crippen molar-refractivity contribution in [3.63, 3.8) is 0 Å². The Hall–Kier alpha value is -0.498. The number of nitrogens with one attached hydrogen (secondary N) is 1. The molecule has 3 nitrogen and oxygen atoms in total. The van der Waals surface area contributed by atoms with Crippen molar-refractivity contribution in [3.8, 4) is 0 Å². The second-order valence-electron chi connectivity index (χ2n) is 4.85. The van der Waals surface area contributed by atoms with Gasteiger partial charge in [-0.3, -0.25) is 0 Å². The minimum Gasteiger partial charge on any atom is -0.547 e. The van der Waals surface area contributed by atoms with Crippen LogP contribution in [0.1, 0.15) is 46.1 Å². The van der Waals surface area contributed by atoms with Gasteiger partial charge in [0.05, 0.1) is 0 Å². The maximum absolute atomic E-state index is 4.32. The van der Waals surface area contributed by atoms with Gasteiger partial charge < -0.3 is 5.32 Å². The van der Waals surface area contributed by atoms with Gasteiger partial charge >= 0.3 is 31.1 Å². The van der Waals surface area contributed by atoms with E-state index in [9.17, 15) is 0 Å². The first kappa shape index (κ1) is 22.5. The van der Waals surface area contributed by atoms with Crippen LogP contribution in [-0.2, 0) is 0 Å². The molecule has 0 fully saturated rings. The van der Waals surface area contributed by atoms with Crippen molar-refractivity contribution in [1.29, 1.82) is 0 Å². The molecule has 0 aromatic heterocycles. The third-order valence-corrected chi connectivity index (χ3v) is 4.06. The van der Waals surface area contributed by atoms with Crippen molar-refractivity contribution in [1.82, 2.24) is 0 Å². The molecule has 0 unspecified atom stereocenters. The summed E-state index contributed by atoms with van der Waals surface area (Å²) in [6.07, 6.45) is 5.20. The van der Waals surface area contributed by atoms with Crippen molar-refractivity contribution in [2.45, 2.75) is 40.5 Å². The Bertz CT molecular complexity index is 541. The van der Waals surface area contributed by atoms with Gasteiger partial charge in [-0.25, -0.2) is 12.1 Å². The van der Waals surface area contributed by atoms with Crippen LogP contribution in [0.2, 0.25) is 0 Å². The van der Waals surface area contributed by atoms with Crippen molar-refractivity contribution >= 4 is 23.1 Å². The molecule has 1 aromatic carbocycles. The Morgan fingerprint density at radius 3 is 2.61 bits per heavy atom. The third kappa shape index (κ3) is 8.24. The van der Waals surface area contributed by atoms with Crippen molar-refractivity contribution < 1.29 is 31.1 Å². The number of para-hydroxylation sites is 1. The Kier molecular flexibility index (Phi) is 12.6. The molecular formula is C18H25N3SU. The van der Waals surface area contributed by atoms with E-state index in [4.69, 9.17) is 0 Å². The van der Waals surface area contributed by atoms with Crippen LogP contribution in [0.4, 0.5) is 5.69 Å². The van der Waals surface area contributed by atoms with Crippen LogP contribution in [0, 0.1) is 43.2 Å². The molecular weight excluding hydrogens is 528 g/mol. The van der Waals surface area contributed by atoms with Gasteiger partial charge in [0.15, 0.2) is 0 Å². The fourth-order valence-electron chi connectivity index (χ4n) is 1.71. The quantitative estimate of drug-likeness (QED) is 0.288. The van der Waals surface area contributed by atoms with E-state index in [2.05, 4.69) is 49.0 Å². The Balaban J connectivity index is 0.00000484. The summed E-state index contributed by atoms with van der Waals surface area (Å²) in [5.41, 5.74) is 2.75. The van der Waals surface area contributed by atoms with Gasteiger partial charge in [0, 0.05) is 0 Å². The molecule has 0 aliphatic carbocycles. The number of hydrogen-bond donors (Lipinski definition) is 1. The zero-order valence-corrected chi connectivity index (χ0v) is 19.4. The molecule has 23 heavy (non-hydrogen) atoms. The predicted molar refractivity (Wildman–Crippen MR) is 98.3 cm³/mol. The number of hydrogen-bond acceptors (Lipinski definition) is 4. The van der Waals surface area contributed by atoms with E-state index < -0.39 is 0 Å². The summed E-state index contributed by atoms with van der Waals surface area (Å²) < 4.78 is 0. The molecule has 0 atom stereocenters. The summed E-state index contributed by atoms with van der Waals surface area (Å²) in [4.78, 5) is 0. The molecule has 0 saturated heterocycles. The smallest absolute Gasteiger partial charge is 0.547 e. The van der Waals surface area contributed by atoms with E-state index in [1.165, 1.54) is 6.04 Å². The number of anilines is 1. The fraction of sp³-hybridized carbons (Fsp3) is 0.389. The molecule has 0 aliphatic rings. The number of azo groups is 1. The largest absolute Gasteiger partial charge is 2.00 e. The van der Waals surface area contributed by atoms with Crippen molar-refractivity contribution in [3.05, 3.63) is 53.6 Å². The van der Waals surface area contributed by atoms with Crippen LogP contribution >= 0.6 is 11.8 Å². The summed E-state index contributed by atoms with van der Waals surface area (Å²) in [6.45, 7) is 12.1. The molecule has 0 heterocycles. The first-order valence-corrected chi connectivity index (χ1v) is 8.57. The molecule has 1 aromatic rings. The molecule has 122 valence electrons. The third-order valence-electron chi connectivity index (χ3n) is 3.03. The van der Waals surface area contributed by atoms with Crippen LogP contribution in [-0.4, -0.2) is 5.75 Å². The van der Waals surface area contributed by atoms with Crippen LogP contribution in [0.3, 0.4) is 0 Å². The standard InChI is InChI=1S/C18H25N3S.U/c1-6-13-22-15(5)20-21-17(8-3)16-11-9-10-12-18(16)19-14(4)7-2;/h9-12,19H,5-7,13H2,1-4H3;/q-2;+2. The average molecular weight is 554 g/mol. The Morgan fingerprint density at radius 1 is 1.30 bits per heavy atom. The molecule has 0 amide bonds. The van der Waals surface area contributed by atoms with Gasteiger partial charge in [-0.05, 0) is 12.2 Å². The van der Waals surface area contributed by atoms with Gasteiger partial charge in [-0.2, -0.15) is 18.5 Å². The summed E-state index contributed by atoms with van der Waals surface area (Å²) in [5, 5.41) is 12.7. The van der Waals surface area contributed by atoms with E-state index in [1.807, 2.05) is 31.2 Å². The molecule has 0 spiro atoms. The minimum absolute atomic E-state index is 0. The Labute approximate surface area is 168 Å². The van der Waals surface area contributed by atoms with Gasteiger partial charge in [0.1, 0.15) is 5.03 Å². The first-order chi connectivity index (χ1) is 10.6. The van der Waals surface area contributed by atoms with E-state index >= 15 is 0 Å². The average Bonchev–Trinajstić information content (AvgIpc) is 2.54. The number of allylic oxidation sites excluding steroid dienone is 1. The topological polar surface area (TPSA) is 36.8 Å². The second kappa shape index (κ2) is 12.9. The SMILES string of the molecule is C=C(N=NC(=[C-]C)c1ccccc1N[C-](C)CC)SCCC.[U+2]. The molecule has 0 saturated carbocycles. The number of nitrogens with zero attached hydrogens (tertiary/aromatic N) is 2. The molecule has 1 rings (SSSR count). The van der Waals surface area contributed by atoms with E-state index in [-0.39, 0.29) is 31.1 Å². The van der Waals surface area contributed by atoms with Gasteiger partial charge in [0.25, 0.3) is 0 Å². The number of rotatable bonds is 9. The minimum atomic E-state index is 0. The molecule has 1 N–H and O–H groups in total. The van der Waals surface area contributed by atoms with E-state index in [0.29, 0.717) is 0 Å². The van der Waals surface area contributed by atoms with E-state index in [1.54, 1.807) is 11.8 Å². The van der Waals surface area contributed by atoms with Crippen LogP contribution in [0.25, 0.3) is 5.70 Å². The first-order valence-electron chi connectivity index (χ1n) is 7.59. The fourth-order valence-corrected chi connectivity index (χ4v) is 2.25. The maximum atomic E-state index is 4.32. The summed E-state index contributed by atoms with van der Waals surface area (Å²) in [6, 6.07) is 9.28. The summed E-state index contributed by atoms with van der Waals surface area (Å²) >= 11 is 1.63. The predicted octanol–water partition coefficient (Wildman–Crippen LogP) is 6.29. The van der Waals surface area contributed by atoms with Gasteiger partial charge in [-0.1, -0.05) is 50.0 Å². The van der Waals surface area contributed by atoms with Crippen molar-refractivity contribution in [2.75, 3.05) is 11.1 Å². The molecule has 5 heteroatoms. The summed E-state index contributed by atoms with van der Waals surface area (Å²) in [5.74, 6) is 1.01. The number of benzene rings is 1. The normalized spacial score (nSPS) is 11.6. The zero-order valence-electron chi connectivity index (χ0n) is 14.4. The zero-order chi connectivity index (χ0) is 16.4. The van der Waals surface area contributed by atoms with Gasteiger partial charge in [-0.15, -0.1) is 35.4 Å². The Morgan fingerprint density at radius 2 is 2.00 bits per heavy atom. The maximum Gasteiger partial charge on any atom is 2.00 e. The van der Waals surface area contributed by atoms with Gasteiger partial charge in [0.2, 0.25) is 0 Å². The summed E-state index contributed by atoms with van der Waals surface area (Å²) in [7, 11) is 0. The molecule has 0 radical (unpaired) electrons. The van der Waals surface area contributed by atoms with Crippen LogP contribution in [0.15, 0.2) is 46.1 Å². The van der Waals surface area contributed by atoms with Crippen LogP contribution in [0.5, 0.6) is 0 Å². The second-order valence-corrected chi connectivity index (χ2v) is 6.01. The molecule has 0 bridgehead atoms.